The van der Waals surface area contributed by atoms with Crippen LogP contribution in [0.15, 0.2) is 22.1 Å². The molecular weight excluding hydrogens is 294 g/mol. The van der Waals surface area contributed by atoms with Crippen LogP contribution in [0.2, 0.25) is 0 Å². The maximum Gasteiger partial charge on any atom is 0.252 e. The summed E-state index contributed by atoms with van der Waals surface area (Å²) in [7, 11) is -3.54. The molecule has 3 rings (SSSR count). The second kappa shape index (κ2) is 4.88. The van der Waals surface area contributed by atoms with E-state index >= 15 is 0 Å². The highest BCUT2D eigenvalue weighted by molar-refractivity contribution is 7.90. The number of aromatic nitrogens is 3. The molecule has 2 aromatic heterocycles. The van der Waals surface area contributed by atoms with Gasteiger partial charge in [0.15, 0.2) is 0 Å². The predicted molar refractivity (Wildman–Crippen MR) is 76.1 cm³/mol. The van der Waals surface area contributed by atoms with Gasteiger partial charge in [-0.2, -0.15) is 4.98 Å². The summed E-state index contributed by atoms with van der Waals surface area (Å²) in [5, 5.41) is 0.416. The van der Waals surface area contributed by atoms with E-state index in [1.54, 1.807) is 13.0 Å². The Morgan fingerprint density at radius 2 is 2.10 bits per heavy atom. The van der Waals surface area contributed by atoms with Crippen LogP contribution in [0.1, 0.15) is 18.2 Å². The van der Waals surface area contributed by atoms with Gasteiger partial charge in [-0.3, -0.25) is 9.36 Å². The van der Waals surface area contributed by atoms with Crippen molar-refractivity contribution in [3.63, 3.8) is 0 Å². The minimum absolute atomic E-state index is 0.122. The van der Waals surface area contributed by atoms with Gasteiger partial charge in [0.05, 0.1) is 18.3 Å². The van der Waals surface area contributed by atoms with Crippen LogP contribution < -0.4 is 5.56 Å². The summed E-state index contributed by atoms with van der Waals surface area (Å²) in [5.41, 5.74) is 0.676. The van der Waals surface area contributed by atoms with E-state index in [4.69, 9.17) is 4.74 Å². The number of hydrogen-bond acceptors (Lipinski definition) is 6. The first-order chi connectivity index (χ1) is 9.88. The molecule has 112 valence electrons. The zero-order valence-corrected chi connectivity index (χ0v) is 12.6. The van der Waals surface area contributed by atoms with Crippen LogP contribution in [-0.2, 0) is 14.6 Å². The summed E-state index contributed by atoms with van der Waals surface area (Å²) < 4.78 is 30.3. The van der Waals surface area contributed by atoms with Crippen LogP contribution in [-0.4, -0.2) is 42.4 Å². The summed E-state index contributed by atoms with van der Waals surface area (Å²) in [6.45, 7) is 2.71. The van der Waals surface area contributed by atoms with Crippen LogP contribution in [0.3, 0.4) is 0 Å². The Kier molecular flexibility index (Phi) is 3.29. The molecule has 0 spiro atoms. The van der Waals surface area contributed by atoms with Crippen molar-refractivity contribution in [1.82, 2.24) is 14.5 Å². The lowest BCUT2D eigenvalue weighted by molar-refractivity contribution is 0.186. The first-order valence-electron chi connectivity index (χ1n) is 6.55. The van der Waals surface area contributed by atoms with Crippen LogP contribution >= 0.6 is 0 Å². The van der Waals surface area contributed by atoms with Gasteiger partial charge in [-0.25, -0.2) is 13.4 Å². The fourth-order valence-electron chi connectivity index (χ4n) is 2.50. The van der Waals surface area contributed by atoms with E-state index in [0.717, 1.165) is 6.26 Å². The summed E-state index contributed by atoms with van der Waals surface area (Å²) in [6, 6.07) is 2.96. The van der Waals surface area contributed by atoms with E-state index in [0.29, 0.717) is 36.4 Å². The zero-order chi connectivity index (χ0) is 15.2. The van der Waals surface area contributed by atoms with E-state index in [2.05, 4.69) is 9.97 Å². The molecule has 21 heavy (non-hydrogen) atoms. The van der Waals surface area contributed by atoms with Crippen molar-refractivity contribution >= 4 is 20.9 Å². The Hall–Kier alpha value is -1.80. The van der Waals surface area contributed by atoms with Gasteiger partial charge in [0.1, 0.15) is 5.65 Å². The lowest BCUT2D eigenvalue weighted by Gasteiger charge is -2.15. The largest absolute Gasteiger partial charge is 0.379 e. The fourth-order valence-corrected chi connectivity index (χ4v) is 3.06. The van der Waals surface area contributed by atoms with Crippen LogP contribution in [0.25, 0.3) is 11.0 Å². The molecule has 0 radical (unpaired) electrons. The molecule has 0 aromatic carbocycles. The minimum atomic E-state index is -3.54. The van der Waals surface area contributed by atoms with Crippen molar-refractivity contribution in [2.75, 3.05) is 19.5 Å². The highest BCUT2D eigenvalue weighted by Gasteiger charge is 2.23. The standard InChI is InChI=1S/C13H15N3O4S/c1-8-10-3-4-11(17)16(9-5-6-20-7-9)12(10)15-13(14-8)21(2,18)19/h3-4,9H,5-7H2,1-2H3. The van der Waals surface area contributed by atoms with E-state index in [1.165, 1.54) is 10.6 Å². The van der Waals surface area contributed by atoms with E-state index in [-0.39, 0.29) is 16.8 Å². The van der Waals surface area contributed by atoms with E-state index < -0.39 is 9.84 Å². The van der Waals surface area contributed by atoms with Crippen molar-refractivity contribution in [1.29, 1.82) is 0 Å². The minimum Gasteiger partial charge on any atom is -0.379 e. The first kappa shape index (κ1) is 14.2. The van der Waals surface area contributed by atoms with Gasteiger partial charge < -0.3 is 4.74 Å². The molecule has 0 saturated carbocycles. The number of hydrogen-bond donors (Lipinski definition) is 0. The van der Waals surface area contributed by atoms with Gasteiger partial charge in [0.25, 0.3) is 5.56 Å². The normalized spacial score (nSPS) is 19.2. The fraction of sp³-hybridized carbons (Fsp3) is 0.462. The Bertz CT molecular complexity index is 867. The zero-order valence-electron chi connectivity index (χ0n) is 11.7. The van der Waals surface area contributed by atoms with Crippen molar-refractivity contribution < 1.29 is 13.2 Å². The molecule has 0 amide bonds. The summed E-state index contributed by atoms with van der Waals surface area (Å²) >= 11 is 0. The Labute approximate surface area is 121 Å². The molecule has 7 nitrogen and oxygen atoms in total. The molecule has 1 aliphatic rings. The molecule has 1 fully saturated rings. The molecule has 0 N–H and O–H groups in total. The lowest BCUT2D eigenvalue weighted by atomic mass is 10.2. The van der Waals surface area contributed by atoms with Crippen LogP contribution in [0.5, 0.6) is 0 Å². The molecule has 0 bridgehead atoms. The van der Waals surface area contributed by atoms with Crippen molar-refractivity contribution in [2.45, 2.75) is 24.5 Å². The third kappa shape index (κ3) is 2.44. The highest BCUT2D eigenvalue weighted by atomic mass is 32.2. The smallest absolute Gasteiger partial charge is 0.252 e. The monoisotopic (exact) mass is 309 g/mol. The van der Waals surface area contributed by atoms with E-state index in [9.17, 15) is 13.2 Å². The van der Waals surface area contributed by atoms with Gasteiger partial charge in [0, 0.05) is 24.3 Å². The SMILES string of the molecule is Cc1nc(S(C)(=O)=O)nc2c1ccc(=O)n2C1CCOC1. The summed E-state index contributed by atoms with van der Waals surface area (Å²) in [5.74, 6) is 0. The molecule has 1 saturated heterocycles. The first-order valence-corrected chi connectivity index (χ1v) is 8.45. The topological polar surface area (TPSA) is 91.2 Å². The van der Waals surface area contributed by atoms with E-state index in [1.807, 2.05) is 0 Å². The van der Waals surface area contributed by atoms with Crippen LogP contribution in [0, 0.1) is 6.92 Å². The number of fused-ring (bicyclic) bond motifs is 1. The van der Waals surface area contributed by atoms with Crippen molar-refractivity contribution in [3.05, 3.63) is 28.2 Å². The quantitative estimate of drug-likeness (QED) is 0.749. The summed E-state index contributed by atoms with van der Waals surface area (Å²) in [4.78, 5) is 20.3. The molecule has 1 atom stereocenters. The molecule has 1 aliphatic heterocycles. The maximum absolute atomic E-state index is 12.2. The van der Waals surface area contributed by atoms with Gasteiger partial charge in [0.2, 0.25) is 15.0 Å². The van der Waals surface area contributed by atoms with Crippen LogP contribution in [0.4, 0.5) is 0 Å². The molecule has 2 aromatic rings. The van der Waals surface area contributed by atoms with Gasteiger partial charge >= 0.3 is 0 Å². The molecular formula is C13H15N3O4S. The lowest BCUT2D eigenvalue weighted by Crippen LogP contribution is -2.26. The average Bonchev–Trinajstić information content (AvgIpc) is 2.90. The second-order valence-corrected chi connectivity index (χ2v) is 7.07. The second-order valence-electron chi connectivity index (χ2n) is 5.16. The van der Waals surface area contributed by atoms with Gasteiger partial charge in [-0.15, -0.1) is 0 Å². The Balaban J connectivity index is 2.37. The van der Waals surface area contributed by atoms with Gasteiger partial charge in [-0.05, 0) is 19.4 Å². The molecule has 0 aliphatic carbocycles. The number of aryl methyl sites for hydroxylation is 1. The molecule has 8 heteroatoms. The Morgan fingerprint density at radius 3 is 2.71 bits per heavy atom. The average molecular weight is 309 g/mol. The summed E-state index contributed by atoms with van der Waals surface area (Å²) in [6.07, 6.45) is 1.76. The third-order valence-electron chi connectivity index (χ3n) is 3.56. The predicted octanol–water partition coefficient (Wildman–Crippen LogP) is 0.465. The van der Waals surface area contributed by atoms with Gasteiger partial charge in [-0.1, -0.05) is 0 Å². The number of sulfone groups is 1. The number of rotatable bonds is 2. The Morgan fingerprint density at radius 1 is 1.33 bits per heavy atom. The molecule has 1 unspecified atom stereocenters. The third-order valence-corrected chi connectivity index (χ3v) is 4.40. The highest BCUT2D eigenvalue weighted by Crippen LogP contribution is 2.23. The molecule has 3 heterocycles. The van der Waals surface area contributed by atoms with Crippen molar-refractivity contribution in [2.24, 2.45) is 0 Å². The maximum atomic E-state index is 12.2. The number of ether oxygens (including phenoxy) is 1. The number of nitrogens with zero attached hydrogens (tertiary/aromatic N) is 3. The van der Waals surface area contributed by atoms with Crippen molar-refractivity contribution in [3.8, 4) is 0 Å². The number of pyridine rings is 1.